The molecule has 0 fully saturated rings. The van der Waals surface area contributed by atoms with Crippen LogP contribution in [0, 0.1) is 0 Å². The summed E-state index contributed by atoms with van der Waals surface area (Å²) < 4.78 is 6.06. The summed E-state index contributed by atoms with van der Waals surface area (Å²) >= 11 is 0. The van der Waals surface area contributed by atoms with E-state index in [2.05, 4.69) is 205 Å². The second kappa shape index (κ2) is 13.4. The van der Waals surface area contributed by atoms with Crippen molar-refractivity contribution in [3.8, 4) is 44.5 Å². The maximum atomic E-state index is 6.06. The van der Waals surface area contributed by atoms with Crippen LogP contribution in [-0.4, -0.2) is 0 Å². The summed E-state index contributed by atoms with van der Waals surface area (Å²) in [5, 5.41) is 4.71. The summed E-state index contributed by atoms with van der Waals surface area (Å²) in [7, 11) is 0. The van der Waals surface area contributed by atoms with Crippen LogP contribution in [0.3, 0.4) is 0 Å². The summed E-state index contributed by atoms with van der Waals surface area (Å²) in [5.74, 6) is 0. The van der Waals surface area contributed by atoms with E-state index in [1.165, 1.54) is 55.3 Å². The Balaban J connectivity index is 0.977. The van der Waals surface area contributed by atoms with E-state index >= 15 is 0 Å². The SMILES string of the molecule is c1ccc(-c2cccc(-c3ccc(N(c4ccc(-c5ccc(-c6ccc7oc8ccccc8c7c6)cc5)cc4)c4cccc5ccccc45)cc3)c2)cc1. The molecule has 0 N–H and O–H groups in total. The van der Waals surface area contributed by atoms with Crippen LogP contribution in [0.15, 0.2) is 217 Å². The van der Waals surface area contributed by atoms with Crippen molar-refractivity contribution in [3.05, 3.63) is 212 Å². The van der Waals surface area contributed by atoms with Crippen molar-refractivity contribution in [3.63, 3.8) is 0 Å². The maximum absolute atomic E-state index is 6.06. The van der Waals surface area contributed by atoms with Crippen molar-refractivity contribution in [1.82, 2.24) is 0 Å². The number of para-hydroxylation sites is 1. The second-order valence-corrected chi connectivity index (χ2v) is 13.8. The lowest BCUT2D eigenvalue weighted by Gasteiger charge is -2.27. The van der Waals surface area contributed by atoms with E-state index in [-0.39, 0.29) is 0 Å². The van der Waals surface area contributed by atoms with Gasteiger partial charge in [0, 0.05) is 27.5 Å². The van der Waals surface area contributed by atoms with Gasteiger partial charge in [-0.2, -0.15) is 0 Å². The highest BCUT2D eigenvalue weighted by Crippen LogP contribution is 2.41. The Morgan fingerprint density at radius 2 is 0.722 bits per heavy atom. The summed E-state index contributed by atoms with van der Waals surface area (Å²) in [6, 6.07) is 76.0. The molecule has 0 saturated heterocycles. The first-order valence-corrected chi connectivity index (χ1v) is 18.4. The highest BCUT2D eigenvalue weighted by atomic mass is 16.3. The van der Waals surface area contributed by atoms with E-state index in [0.717, 1.165) is 39.0 Å². The lowest BCUT2D eigenvalue weighted by molar-refractivity contribution is 0.669. The predicted octanol–water partition coefficient (Wildman–Crippen LogP) is 14.9. The fourth-order valence-electron chi connectivity index (χ4n) is 7.71. The Morgan fingerprint density at radius 3 is 1.41 bits per heavy atom. The van der Waals surface area contributed by atoms with Gasteiger partial charge < -0.3 is 9.32 Å². The third-order valence-electron chi connectivity index (χ3n) is 10.5. The molecular formula is C52H35NO. The lowest BCUT2D eigenvalue weighted by Crippen LogP contribution is -2.10. The number of hydrogen-bond acceptors (Lipinski definition) is 2. The van der Waals surface area contributed by atoms with Crippen LogP contribution in [0.1, 0.15) is 0 Å². The van der Waals surface area contributed by atoms with Gasteiger partial charge in [-0.05, 0) is 104 Å². The molecule has 0 aliphatic heterocycles. The van der Waals surface area contributed by atoms with Gasteiger partial charge in [0.15, 0.2) is 0 Å². The minimum Gasteiger partial charge on any atom is -0.456 e. The summed E-state index contributed by atoms with van der Waals surface area (Å²) in [4.78, 5) is 2.37. The van der Waals surface area contributed by atoms with Crippen LogP contribution >= 0.6 is 0 Å². The zero-order chi connectivity index (χ0) is 35.8. The number of nitrogens with zero attached hydrogens (tertiary/aromatic N) is 1. The molecule has 0 bridgehead atoms. The smallest absolute Gasteiger partial charge is 0.135 e. The van der Waals surface area contributed by atoms with Gasteiger partial charge in [0.2, 0.25) is 0 Å². The molecule has 1 aromatic heterocycles. The molecule has 2 heteroatoms. The molecule has 254 valence electrons. The van der Waals surface area contributed by atoms with E-state index in [1.807, 2.05) is 12.1 Å². The van der Waals surface area contributed by atoms with E-state index in [1.54, 1.807) is 0 Å². The average Bonchev–Trinajstić information content (AvgIpc) is 3.63. The number of rotatable bonds is 7. The Morgan fingerprint density at radius 1 is 0.278 bits per heavy atom. The van der Waals surface area contributed by atoms with Gasteiger partial charge in [-0.25, -0.2) is 0 Å². The van der Waals surface area contributed by atoms with Crippen LogP contribution in [0.2, 0.25) is 0 Å². The first-order chi connectivity index (χ1) is 26.7. The number of furan rings is 1. The van der Waals surface area contributed by atoms with Crippen molar-refractivity contribution >= 4 is 49.8 Å². The zero-order valence-electron chi connectivity index (χ0n) is 29.6. The average molecular weight is 690 g/mol. The molecule has 2 nitrogen and oxygen atoms in total. The van der Waals surface area contributed by atoms with Gasteiger partial charge in [0.25, 0.3) is 0 Å². The van der Waals surface area contributed by atoms with Crippen molar-refractivity contribution in [2.75, 3.05) is 4.90 Å². The zero-order valence-corrected chi connectivity index (χ0v) is 29.6. The maximum Gasteiger partial charge on any atom is 0.135 e. The van der Waals surface area contributed by atoms with E-state index in [4.69, 9.17) is 4.42 Å². The van der Waals surface area contributed by atoms with Gasteiger partial charge in [-0.3, -0.25) is 0 Å². The molecule has 0 amide bonds. The molecule has 0 aliphatic carbocycles. The minimum absolute atomic E-state index is 0.916. The first-order valence-electron chi connectivity index (χ1n) is 18.4. The molecule has 0 atom stereocenters. The van der Waals surface area contributed by atoms with Crippen molar-refractivity contribution < 1.29 is 4.42 Å². The molecule has 0 aliphatic rings. The second-order valence-electron chi connectivity index (χ2n) is 13.8. The highest BCUT2D eigenvalue weighted by Gasteiger charge is 2.16. The van der Waals surface area contributed by atoms with Gasteiger partial charge in [-0.15, -0.1) is 0 Å². The van der Waals surface area contributed by atoms with Crippen LogP contribution in [-0.2, 0) is 0 Å². The number of benzene rings is 9. The Bertz CT molecular complexity index is 2900. The third-order valence-corrected chi connectivity index (χ3v) is 10.5. The number of anilines is 3. The third kappa shape index (κ3) is 5.81. The summed E-state index contributed by atoms with van der Waals surface area (Å²) in [5.41, 5.74) is 14.7. The van der Waals surface area contributed by atoms with Gasteiger partial charge in [-0.1, -0.05) is 158 Å². The minimum atomic E-state index is 0.916. The van der Waals surface area contributed by atoms with Crippen molar-refractivity contribution in [2.45, 2.75) is 0 Å². The Kier molecular flexibility index (Phi) is 7.85. The largest absolute Gasteiger partial charge is 0.456 e. The van der Waals surface area contributed by atoms with Gasteiger partial charge in [0.1, 0.15) is 11.2 Å². The number of hydrogen-bond donors (Lipinski definition) is 0. The Labute approximate surface area is 314 Å². The van der Waals surface area contributed by atoms with Crippen LogP contribution in [0.25, 0.3) is 77.2 Å². The van der Waals surface area contributed by atoms with E-state index in [0.29, 0.717) is 0 Å². The van der Waals surface area contributed by atoms with Crippen molar-refractivity contribution in [2.24, 2.45) is 0 Å². The monoisotopic (exact) mass is 689 g/mol. The predicted molar refractivity (Wildman–Crippen MR) is 228 cm³/mol. The highest BCUT2D eigenvalue weighted by molar-refractivity contribution is 6.06. The lowest BCUT2D eigenvalue weighted by atomic mass is 9.98. The standard InChI is InChI=1S/C52H35NO/c1-2-10-36(11-3-1)42-14-8-15-43(34-42)40-26-31-46(32-27-40)53(50-18-9-13-41-12-4-5-16-47(41)50)45-29-24-38(25-30-45)37-20-22-39(23-21-37)44-28-33-52-49(35-44)48-17-6-7-19-51(48)54-52/h1-35H. The molecule has 0 saturated carbocycles. The van der Waals surface area contributed by atoms with Crippen LogP contribution in [0.5, 0.6) is 0 Å². The number of fused-ring (bicyclic) bond motifs is 4. The molecule has 0 radical (unpaired) electrons. The summed E-state index contributed by atoms with van der Waals surface area (Å²) in [6.07, 6.45) is 0. The summed E-state index contributed by atoms with van der Waals surface area (Å²) in [6.45, 7) is 0. The normalized spacial score (nSPS) is 11.3. The van der Waals surface area contributed by atoms with E-state index < -0.39 is 0 Å². The molecule has 10 aromatic rings. The molecular weight excluding hydrogens is 655 g/mol. The molecule has 10 rings (SSSR count). The van der Waals surface area contributed by atoms with Crippen LogP contribution in [0.4, 0.5) is 17.1 Å². The molecule has 54 heavy (non-hydrogen) atoms. The molecule has 0 spiro atoms. The van der Waals surface area contributed by atoms with Crippen LogP contribution < -0.4 is 4.90 Å². The first kappa shape index (κ1) is 31.6. The topological polar surface area (TPSA) is 16.4 Å². The molecule has 0 unspecified atom stereocenters. The Hall–Kier alpha value is -7.16. The fraction of sp³-hybridized carbons (Fsp3) is 0. The fourth-order valence-corrected chi connectivity index (χ4v) is 7.71. The molecule has 9 aromatic carbocycles. The van der Waals surface area contributed by atoms with Crippen molar-refractivity contribution in [1.29, 1.82) is 0 Å². The van der Waals surface area contributed by atoms with E-state index in [9.17, 15) is 0 Å². The molecule has 1 heterocycles. The van der Waals surface area contributed by atoms with Gasteiger partial charge >= 0.3 is 0 Å². The quantitative estimate of drug-likeness (QED) is 0.166. The van der Waals surface area contributed by atoms with Gasteiger partial charge in [0.05, 0.1) is 5.69 Å².